The molecule has 0 amide bonds. The van der Waals surface area contributed by atoms with Crippen molar-refractivity contribution in [2.24, 2.45) is 5.92 Å². The summed E-state index contributed by atoms with van der Waals surface area (Å²) < 4.78 is 7.54. The molecule has 106 valence electrons. The van der Waals surface area contributed by atoms with E-state index in [1.165, 1.54) is 19.3 Å². The van der Waals surface area contributed by atoms with Crippen molar-refractivity contribution in [3.05, 3.63) is 18.0 Å². The van der Waals surface area contributed by atoms with Crippen LogP contribution in [0.5, 0.6) is 0 Å². The van der Waals surface area contributed by atoms with Crippen molar-refractivity contribution < 1.29 is 9.53 Å². The van der Waals surface area contributed by atoms with Gasteiger partial charge in [0.25, 0.3) is 0 Å². The van der Waals surface area contributed by atoms with E-state index < -0.39 is 0 Å². The molecule has 0 N–H and O–H groups in total. The largest absolute Gasteiger partial charge is 0.370 e. The van der Waals surface area contributed by atoms with Crippen molar-refractivity contribution in [3.8, 4) is 0 Å². The number of aromatic nitrogens is 2. The molecule has 0 bridgehead atoms. The Morgan fingerprint density at radius 1 is 1.42 bits per heavy atom. The second-order valence-electron chi connectivity index (χ2n) is 5.22. The fraction of sp³-hybridized carbons (Fsp3) is 0.733. The maximum absolute atomic E-state index is 12.6. The zero-order chi connectivity index (χ0) is 13.7. The summed E-state index contributed by atoms with van der Waals surface area (Å²) in [5, 5.41) is 4.18. The molecule has 0 saturated heterocycles. The summed E-state index contributed by atoms with van der Waals surface area (Å²) in [7, 11) is 0. The lowest BCUT2D eigenvalue weighted by atomic mass is 9.83. The second-order valence-corrected chi connectivity index (χ2v) is 5.22. The first-order valence-corrected chi connectivity index (χ1v) is 7.44. The van der Waals surface area contributed by atoms with E-state index in [4.69, 9.17) is 4.74 Å². The highest BCUT2D eigenvalue weighted by atomic mass is 16.5. The predicted octanol–water partition coefficient (Wildman–Crippen LogP) is 3.07. The Labute approximate surface area is 115 Å². The molecule has 1 aliphatic rings. The smallest absolute Gasteiger partial charge is 0.194 e. The van der Waals surface area contributed by atoms with Gasteiger partial charge in [-0.2, -0.15) is 5.10 Å². The molecule has 0 spiro atoms. The Hall–Kier alpha value is -1.16. The summed E-state index contributed by atoms with van der Waals surface area (Å²) in [6, 6.07) is 0. The Morgan fingerprint density at radius 3 is 2.74 bits per heavy atom. The second kappa shape index (κ2) is 6.85. The van der Waals surface area contributed by atoms with Crippen LogP contribution in [-0.2, 0) is 11.3 Å². The number of aryl methyl sites for hydroxylation is 1. The molecule has 1 atom stereocenters. The van der Waals surface area contributed by atoms with Gasteiger partial charge in [0, 0.05) is 19.3 Å². The third-order valence-corrected chi connectivity index (χ3v) is 3.92. The quantitative estimate of drug-likeness (QED) is 0.742. The van der Waals surface area contributed by atoms with Crippen molar-refractivity contribution in [2.75, 3.05) is 6.61 Å². The number of rotatable bonds is 6. The van der Waals surface area contributed by atoms with Gasteiger partial charge in [-0.3, -0.25) is 9.48 Å². The lowest BCUT2D eigenvalue weighted by Crippen LogP contribution is -2.34. The molecule has 4 nitrogen and oxygen atoms in total. The first-order chi connectivity index (χ1) is 9.26. The molecule has 0 radical (unpaired) electrons. The van der Waals surface area contributed by atoms with Gasteiger partial charge in [-0.1, -0.05) is 19.3 Å². The summed E-state index contributed by atoms with van der Waals surface area (Å²) in [6.45, 7) is 5.35. The fourth-order valence-electron chi connectivity index (χ4n) is 2.87. The number of nitrogens with zero attached hydrogens (tertiary/aromatic N) is 2. The number of carbonyl (C=O) groups excluding carboxylic acids is 1. The topological polar surface area (TPSA) is 44.1 Å². The minimum Gasteiger partial charge on any atom is -0.370 e. The van der Waals surface area contributed by atoms with E-state index in [0.717, 1.165) is 19.4 Å². The summed E-state index contributed by atoms with van der Waals surface area (Å²) >= 11 is 0. The van der Waals surface area contributed by atoms with Gasteiger partial charge in [-0.05, 0) is 32.6 Å². The van der Waals surface area contributed by atoms with Gasteiger partial charge in [0.2, 0.25) is 0 Å². The van der Waals surface area contributed by atoms with Crippen molar-refractivity contribution in [2.45, 2.75) is 58.6 Å². The lowest BCUT2D eigenvalue weighted by molar-refractivity contribution is 0.0127. The number of hydrogen-bond acceptors (Lipinski definition) is 3. The van der Waals surface area contributed by atoms with Crippen LogP contribution in [0, 0.1) is 5.92 Å². The molecule has 1 unspecified atom stereocenters. The van der Waals surface area contributed by atoms with E-state index in [-0.39, 0.29) is 11.9 Å². The predicted molar refractivity (Wildman–Crippen MR) is 74.2 cm³/mol. The van der Waals surface area contributed by atoms with E-state index in [2.05, 4.69) is 5.10 Å². The summed E-state index contributed by atoms with van der Waals surface area (Å²) in [6.07, 6.45) is 9.16. The molecule has 1 fully saturated rings. The van der Waals surface area contributed by atoms with E-state index in [9.17, 15) is 4.79 Å². The zero-order valence-corrected chi connectivity index (χ0v) is 12.0. The molecule has 4 heteroatoms. The van der Waals surface area contributed by atoms with Crippen LogP contribution in [0.4, 0.5) is 0 Å². The average Bonchev–Trinajstić information content (AvgIpc) is 2.94. The molecular weight excluding hydrogens is 240 g/mol. The van der Waals surface area contributed by atoms with Crippen LogP contribution in [0.15, 0.2) is 12.4 Å². The van der Waals surface area contributed by atoms with E-state index in [1.807, 2.05) is 20.0 Å². The van der Waals surface area contributed by atoms with Crippen LogP contribution in [0.25, 0.3) is 0 Å². The Balaban J connectivity index is 2.10. The number of carbonyl (C=O) groups is 1. The molecule has 0 aliphatic heterocycles. The van der Waals surface area contributed by atoms with Gasteiger partial charge >= 0.3 is 0 Å². The number of hydrogen-bond donors (Lipinski definition) is 0. The monoisotopic (exact) mass is 264 g/mol. The normalized spacial score (nSPS) is 18.4. The standard InChI is InChI=1S/C15H24N2O2/c1-3-17-11-13(10-16-17)14(18)15(19-4-2)12-8-6-5-7-9-12/h10-12,15H,3-9H2,1-2H3. The van der Waals surface area contributed by atoms with E-state index >= 15 is 0 Å². The highest BCUT2D eigenvalue weighted by Crippen LogP contribution is 2.29. The lowest BCUT2D eigenvalue weighted by Gasteiger charge is -2.28. The van der Waals surface area contributed by atoms with Gasteiger partial charge < -0.3 is 4.74 Å². The van der Waals surface area contributed by atoms with Gasteiger partial charge in [0.05, 0.1) is 11.8 Å². The maximum atomic E-state index is 12.6. The first kappa shape index (κ1) is 14.3. The van der Waals surface area contributed by atoms with Crippen LogP contribution in [0.2, 0.25) is 0 Å². The van der Waals surface area contributed by atoms with Crippen molar-refractivity contribution in [3.63, 3.8) is 0 Å². The van der Waals surface area contributed by atoms with Crippen molar-refractivity contribution in [1.82, 2.24) is 9.78 Å². The molecule has 1 aliphatic carbocycles. The minimum atomic E-state index is -0.278. The summed E-state index contributed by atoms with van der Waals surface area (Å²) in [4.78, 5) is 12.6. The zero-order valence-electron chi connectivity index (χ0n) is 12.0. The first-order valence-electron chi connectivity index (χ1n) is 7.44. The van der Waals surface area contributed by atoms with Crippen LogP contribution in [0.3, 0.4) is 0 Å². The number of Topliss-reactive ketones (excluding diaryl/α,β-unsaturated/α-hetero) is 1. The molecule has 1 aromatic rings. The number of ether oxygens (including phenoxy) is 1. The van der Waals surface area contributed by atoms with Crippen LogP contribution in [-0.4, -0.2) is 28.3 Å². The molecule has 0 aromatic carbocycles. The third-order valence-electron chi connectivity index (χ3n) is 3.92. The third kappa shape index (κ3) is 3.44. The Morgan fingerprint density at radius 2 is 2.16 bits per heavy atom. The SMILES string of the molecule is CCOC(C(=O)c1cnn(CC)c1)C1CCCCC1. The van der Waals surface area contributed by atoms with Gasteiger partial charge in [0.1, 0.15) is 6.10 Å². The fourth-order valence-corrected chi connectivity index (χ4v) is 2.87. The molecule has 1 heterocycles. The van der Waals surface area contributed by atoms with Crippen molar-refractivity contribution >= 4 is 5.78 Å². The molecule has 1 saturated carbocycles. The van der Waals surface area contributed by atoms with Gasteiger partial charge in [0.15, 0.2) is 5.78 Å². The molecule has 1 aromatic heterocycles. The molecule has 19 heavy (non-hydrogen) atoms. The minimum absolute atomic E-state index is 0.105. The highest BCUT2D eigenvalue weighted by Gasteiger charge is 2.31. The maximum Gasteiger partial charge on any atom is 0.194 e. The van der Waals surface area contributed by atoms with Crippen LogP contribution < -0.4 is 0 Å². The molecular formula is C15H24N2O2. The van der Waals surface area contributed by atoms with Gasteiger partial charge in [-0.25, -0.2) is 0 Å². The highest BCUT2D eigenvalue weighted by molar-refractivity contribution is 5.99. The number of ketones is 1. The average molecular weight is 264 g/mol. The van der Waals surface area contributed by atoms with Gasteiger partial charge in [-0.15, -0.1) is 0 Å². The van der Waals surface area contributed by atoms with E-state index in [1.54, 1.807) is 10.9 Å². The summed E-state index contributed by atoms with van der Waals surface area (Å²) in [5.74, 6) is 0.486. The van der Waals surface area contributed by atoms with Crippen LogP contribution >= 0.6 is 0 Å². The Bertz CT molecular complexity index is 408. The molecule has 2 rings (SSSR count). The van der Waals surface area contributed by atoms with Crippen LogP contribution in [0.1, 0.15) is 56.3 Å². The van der Waals surface area contributed by atoms with Crippen molar-refractivity contribution in [1.29, 1.82) is 0 Å². The Kier molecular flexibility index (Phi) is 5.14. The van der Waals surface area contributed by atoms with E-state index in [0.29, 0.717) is 18.1 Å². The summed E-state index contributed by atoms with van der Waals surface area (Å²) in [5.41, 5.74) is 0.686.